The van der Waals surface area contributed by atoms with Crippen molar-refractivity contribution in [1.29, 1.82) is 5.26 Å². The summed E-state index contributed by atoms with van der Waals surface area (Å²) in [6.07, 6.45) is 5.98. The molecule has 3 rings (SSSR count). The van der Waals surface area contributed by atoms with Gasteiger partial charge in [-0.25, -0.2) is 9.50 Å². The highest BCUT2D eigenvalue weighted by Gasteiger charge is 2.13. The van der Waals surface area contributed by atoms with Crippen LogP contribution >= 0.6 is 0 Å². The second-order valence-corrected chi connectivity index (χ2v) is 4.76. The molecule has 2 heterocycles. The number of nitrogens with one attached hydrogen (secondary N) is 1. The van der Waals surface area contributed by atoms with Crippen molar-refractivity contribution in [3.05, 3.63) is 60.0 Å². The largest absolute Gasteiger partial charge is 0.322 e. The van der Waals surface area contributed by atoms with Gasteiger partial charge in [-0.05, 0) is 30.2 Å². The van der Waals surface area contributed by atoms with Gasteiger partial charge in [0.05, 0.1) is 12.3 Å². The van der Waals surface area contributed by atoms with Crippen LogP contribution in [0.5, 0.6) is 0 Å². The Kier molecular flexibility index (Phi) is 3.79. The van der Waals surface area contributed by atoms with Crippen LogP contribution in [0.15, 0.2) is 48.9 Å². The predicted molar refractivity (Wildman–Crippen MR) is 81.3 cm³/mol. The van der Waals surface area contributed by atoms with Crippen LogP contribution in [0.3, 0.4) is 0 Å². The number of aryl methyl sites for hydroxylation is 1. The first-order valence-corrected chi connectivity index (χ1v) is 6.83. The first-order chi connectivity index (χ1) is 10.8. The number of fused-ring (bicyclic) bond motifs is 1. The Morgan fingerprint density at radius 3 is 3.14 bits per heavy atom. The third kappa shape index (κ3) is 2.79. The molecule has 0 radical (unpaired) electrons. The minimum Gasteiger partial charge on any atom is -0.322 e. The molecule has 0 aliphatic rings. The van der Waals surface area contributed by atoms with Gasteiger partial charge in [0.1, 0.15) is 5.56 Å². The number of hydrogen-bond acceptors (Lipinski definition) is 4. The highest BCUT2D eigenvalue weighted by Crippen LogP contribution is 2.15. The van der Waals surface area contributed by atoms with Crippen LogP contribution in [0, 0.1) is 11.3 Å². The molecule has 0 atom stereocenters. The Hall–Kier alpha value is -3.20. The molecule has 3 aromatic rings. The molecule has 0 aliphatic carbocycles. The van der Waals surface area contributed by atoms with Crippen molar-refractivity contribution in [1.82, 2.24) is 14.6 Å². The van der Waals surface area contributed by atoms with Gasteiger partial charge in [0, 0.05) is 24.5 Å². The first-order valence-electron chi connectivity index (χ1n) is 6.83. The zero-order valence-electron chi connectivity index (χ0n) is 11.7. The number of carbonyl (C=O) groups excluding carboxylic acids is 1. The van der Waals surface area contributed by atoms with E-state index >= 15 is 0 Å². The van der Waals surface area contributed by atoms with Crippen LogP contribution in [0.2, 0.25) is 0 Å². The smallest absolute Gasteiger partial charge is 0.261 e. The maximum atomic E-state index is 12.4. The molecule has 0 unspecified atom stereocenters. The number of nitrogens with zero attached hydrogens (tertiary/aromatic N) is 4. The molecule has 1 aromatic carbocycles. The normalized spacial score (nSPS) is 10.3. The van der Waals surface area contributed by atoms with E-state index in [9.17, 15) is 4.79 Å². The number of carbonyl (C=O) groups is 1. The first kappa shape index (κ1) is 13.8. The highest BCUT2D eigenvalue weighted by atomic mass is 16.1. The fourth-order valence-corrected chi connectivity index (χ4v) is 2.19. The topological polar surface area (TPSA) is 83.1 Å². The van der Waals surface area contributed by atoms with Gasteiger partial charge in [-0.15, -0.1) is 0 Å². The van der Waals surface area contributed by atoms with Gasteiger partial charge in [0.2, 0.25) is 0 Å². The molecule has 0 saturated carbocycles. The van der Waals surface area contributed by atoms with Gasteiger partial charge in [0.15, 0.2) is 5.65 Å². The second-order valence-electron chi connectivity index (χ2n) is 4.76. The zero-order chi connectivity index (χ0) is 15.4. The molecule has 108 valence electrons. The Morgan fingerprint density at radius 1 is 1.36 bits per heavy atom. The predicted octanol–water partition coefficient (Wildman–Crippen LogP) is 2.44. The van der Waals surface area contributed by atoms with Crippen molar-refractivity contribution >= 4 is 17.2 Å². The number of nitriles is 1. The van der Waals surface area contributed by atoms with Gasteiger partial charge in [-0.2, -0.15) is 10.4 Å². The SMILES string of the molecule is N#CCCc1cccc(NC(=O)c2cnn3cccnc23)c1. The molecule has 22 heavy (non-hydrogen) atoms. The summed E-state index contributed by atoms with van der Waals surface area (Å²) < 4.78 is 1.55. The van der Waals surface area contributed by atoms with E-state index in [1.165, 1.54) is 6.20 Å². The van der Waals surface area contributed by atoms with E-state index in [4.69, 9.17) is 5.26 Å². The number of anilines is 1. The van der Waals surface area contributed by atoms with Crippen LogP contribution in [0.1, 0.15) is 22.3 Å². The van der Waals surface area contributed by atoms with Gasteiger partial charge < -0.3 is 5.32 Å². The summed E-state index contributed by atoms with van der Waals surface area (Å²) in [5, 5.41) is 15.6. The molecule has 0 aliphatic heterocycles. The molecule has 1 N–H and O–H groups in total. The van der Waals surface area contributed by atoms with Crippen LogP contribution in [-0.4, -0.2) is 20.5 Å². The monoisotopic (exact) mass is 291 g/mol. The summed E-state index contributed by atoms with van der Waals surface area (Å²) in [6, 6.07) is 11.3. The van der Waals surface area contributed by atoms with E-state index in [0.29, 0.717) is 29.7 Å². The number of amides is 1. The number of aromatic nitrogens is 3. The molecule has 6 heteroatoms. The molecular weight excluding hydrogens is 278 g/mol. The zero-order valence-corrected chi connectivity index (χ0v) is 11.7. The summed E-state index contributed by atoms with van der Waals surface area (Å²) in [7, 11) is 0. The van der Waals surface area contributed by atoms with Gasteiger partial charge in [-0.3, -0.25) is 4.79 Å². The average molecular weight is 291 g/mol. The van der Waals surface area contributed by atoms with Gasteiger partial charge >= 0.3 is 0 Å². The number of hydrogen-bond donors (Lipinski definition) is 1. The van der Waals surface area contributed by atoms with Crippen molar-refractivity contribution in [3.63, 3.8) is 0 Å². The summed E-state index contributed by atoms with van der Waals surface area (Å²) in [4.78, 5) is 16.5. The summed E-state index contributed by atoms with van der Waals surface area (Å²) in [5.74, 6) is -0.258. The van der Waals surface area contributed by atoms with Crippen molar-refractivity contribution in [2.75, 3.05) is 5.32 Å². The average Bonchev–Trinajstić information content (AvgIpc) is 2.97. The van der Waals surface area contributed by atoms with E-state index < -0.39 is 0 Å². The summed E-state index contributed by atoms with van der Waals surface area (Å²) in [6.45, 7) is 0. The lowest BCUT2D eigenvalue weighted by molar-refractivity contribution is 0.102. The van der Waals surface area contributed by atoms with Crippen LogP contribution in [-0.2, 0) is 6.42 Å². The van der Waals surface area contributed by atoms with E-state index in [1.54, 1.807) is 23.0 Å². The van der Waals surface area contributed by atoms with Crippen molar-refractivity contribution in [3.8, 4) is 6.07 Å². The molecular formula is C16H13N5O. The Balaban J connectivity index is 1.81. The number of rotatable bonds is 4. The second kappa shape index (κ2) is 6.06. The molecule has 0 spiro atoms. The minimum atomic E-state index is -0.258. The van der Waals surface area contributed by atoms with Crippen LogP contribution in [0.4, 0.5) is 5.69 Å². The minimum absolute atomic E-state index is 0.258. The van der Waals surface area contributed by atoms with Crippen LogP contribution < -0.4 is 5.32 Å². The lowest BCUT2D eigenvalue weighted by atomic mass is 10.1. The van der Waals surface area contributed by atoms with E-state index in [1.807, 2.05) is 24.3 Å². The molecule has 0 saturated heterocycles. The molecule has 1 amide bonds. The Bertz CT molecular complexity index is 862. The third-order valence-corrected chi connectivity index (χ3v) is 3.23. The third-order valence-electron chi connectivity index (χ3n) is 3.23. The maximum absolute atomic E-state index is 12.4. The van der Waals surface area contributed by atoms with Gasteiger partial charge in [-0.1, -0.05) is 12.1 Å². The van der Waals surface area contributed by atoms with Gasteiger partial charge in [0.25, 0.3) is 5.91 Å². The van der Waals surface area contributed by atoms with Crippen molar-refractivity contribution in [2.45, 2.75) is 12.8 Å². The quantitative estimate of drug-likeness (QED) is 0.800. The fraction of sp³-hybridized carbons (Fsp3) is 0.125. The Labute approximate surface area is 127 Å². The van der Waals surface area contributed by atoms with E-state index in [-0.39, 0.29) is 5.91 Å². The fourth-order valence-electron chi connectivity index (χ4n) is 2.19. The molecule has 2 aromatic heterocycles. The molecule has 6 nitrogen and oxygen atoms in total. The highest BCUT2D eigenvalue weighted by molar-refractivity contribution is 6.08. The Morgan fingerprint density at radius 2 is 2.27 bits per heavy atom. The van der Waals surface area contributed by atoms with Crippen molar-refractivity contribution < 1.29 is 4.79 Å². The summed E-state index contributed by atoms with van der Waals surface area (Å²) in [5.41, 5.74) is 2.64. The standard InChI is InChI=1S/C16H13N5O/c17-7-2-5-12-4-1-6-13(10-12)20-16(22)14-11-19-21-9-3-8-18-15(14)21/h1,3-4,6,8-11H,2,5H2,(H,20,22). The van der Waals surface area contributed by atoms with E-state index in [0.717, 1.165) is 5.56 Å². The number of benzene rings is 1. The maximum Gasteiger partial charge on any atom is 0.261 e. The lowest BCUT2D eigenvalue weighted by Crippen LogP contribution is -2.12. The molecule has 0 bridgehead atoms. The van der Waals surface area contributed by atoms with E-state index in [2.05, 4.69) is 21.5 Å². The lowest BCUT2D eigenvalue weighted by Gasteiger charge is -2.06. The van der Waals surface area contributed by atoms with Crippen LogP contribution in [0.25, 0.3) is 5.65 Å². The summed E-state index contributed by atoms with van der Waals surface area (Å²) >= 11 is 0. The van der Waals surface area contributed by atoms with Crippen molar-refractivity contribution in [2.24, 2.45) is 0 Å². The molecule has 0 fully saturated rings.